The molecule has 2 aromatic rings. The predicted octanol–water partition coefficient (Wildman–Crippen LogP) is 4.12. The molecule has 0 amide bonds. The van der Waals surface area contributed by atoms with Crippen LogP contribution in [0.5, 0.6) is 5.75 Å². The quantitative estimate of drug-likeness (QED) is 0.542. The molecule has 6 nitrogen and oxygen atoms in total. The first-order valence-electron chi connectivity index (χ1n) is 8.26. The summed E-state index contributed by atoms with van der Waals surface area (Å²) in [6.07, 6.45) is -4.96. The van der Waals surface area contributed by atoms with Gasteiger partial charge < -0.3 is 20.3 Å². The molecule has 3 N–H and O–H groups in total. The van der Waals surface area contributed by atoms with Crippen molar-refractivity contribution >= 4 is 23.5 Å². The number of benzene rings is 2. The molecule has 0 aromatic heterocycles. The molecule has 29 heavy (non-hydrogen) atoms. The van der Waals surface area contributed by atoms with Gasteiger partial charge in [0.05, 0.1) is 6.42 Å². The largest absolute Gasteiger partial charge is 0.490 e. The lowest BCUT2D eigenvalue weighted by molar-refractivity contribution is -0.192. The van der Waals surface area contributed by atoms with Crippen LogP contribution in [0, 0.1) is 0 Å². The normalized spacial score (nSPS) is 10.6. The standard InChI is InChI=1S/C17H18ClNO3.C2HF3O2/c18-15-5-1-14(2-6-15)12-22-16-7-3-13(4-8-16)11-19-10-9-17(20)21;3-2(4,5)1(6)7/h1-8,19H,9-12H2,(H,20,21);(H,6,7). The van der Waals surface area contributed by atoms with Crippen molar-refractivity contribution < 1.29 is 37.7 Å². The van der Waals surface area contributed by atoms with Crippen molar-refractivity contribution in [2.24, 2.45) is 0 Å². The molecule has 0 radical (unpaired) electrons. The zero-order chi connectivity index (χ0) is 21.9. The number of aliphatic carboxylic acids is 2. The number of carboxylic acid groups (broad SMARTS) is 2. The van der Waals surface area contributed by atoms with E-state index >= 15 is 0 Å². The van der Waals surface area contributed by atoms with Crippen LogP contribution in [0.3, 0.4) is 0 Å². The monoisotopic (exact) mass is 433 g/mol. The van der Waals surface area contributed by atoms with E-state index in [1.807, 2.05) is 48.5 Å². The Morgan fingerprint density at radius 1 is 0.966 bits per heavy atom. The second kappa shape index (κ2) is 11.9. The van der Waals surface area contributed by atoms with Crippen molar-refractivity contribution in [3.05, 3.63) is 64.7 Å². The van der Waals surface area contributed by atoms with E-state index in [-0.39, 0.29) is 6.42 Å². The number of nitrogens with one attached hydrogen (secondary N) is 1. The Labute approximate surface area is 169 Å². The van der Waals surface area contributed by atoms with Crippen LogP contribution < -0.4 is 10.1 Å². The Bertz CT molecular complexity index is 780. The summed E-state index contributed by atoms with van der Waals surface area (Å²) in [5.41, 5.74) is 2.15. The van der Waals surface area contributed by atoms with Crippen LogP contribution in [-0.2, 0) is 22.7 Å². The van der Waals surface area contributed by atoms with Gasteiger partial charge in [0.2, 0.25) is 0 Å². The summed E-state index contributed by atoms with van der Waals surface area (Å²) < 4.78 is 37.4. The Morgan fingerprint density at radius 2 is 1.48 bits per heavy atom. The maximum atomic E-state index is 10.6. The lowest BCUT2D eigenvalue weighted by Crippen LogP contribution is -2.21. The number of halogens is 4. The lowest BCUT2D eigenvalue weighted by atomic mass is 10.2. The highest BCUT2D eigenvalue weighted by Gasteiger charge is 2.38. The Morgan fingerprint density at radius 3 is 1.97 bits per heavy atom. The summed E-state index contributed by atoms with van der Waals surface area (Å²) in [5, 5.41) is 19.5. The highest BCUT2D eigenvalue weighted by atomic mass is 35.5. The topological polar surface area (TPSA) is 95.9 Å². The van der Waals surface area contributed by atoms with Gasteiger partial charge >= 0.3 is 18.1 Å². The number of carbonyl (C=O) groups is 2. The molecule has 0 fully saturated rings. The third-order valence-corrected chi connectivity index (χ3v) is 3.58. The highest BCUT2D eigenvalue weighted by molar-refractivity contribution is 6.30. The Hall–Kier alpha value is -2.78. The molecular weight excluding hydrogens is 415 g/mol. The van der Waals surface area contributed by atoms with E-state index in [4.69, 9.17) is 31.3 Å². The molecule has 2 rings (SSSR count). The van der Waals surface area contributed by atoms with E-state index in [0.717, 1.165) is 16.9 Å². The second-order valence-electron chi connectivity index (χ2n) is 5.68. The lowest BCUT2D eigenvalue weighted by Gasteiger charge is -2.08. The average molecular weight is 434 g/mol. The van der Waals surface area contributed by atoms with Gasteiger partial charge in [-0.15, -0.1) is 0 Å². The SMILES string of the molecule is O=C(O)C(F)(F)F.O=C(O)CCNCc1ccc(OCc2ccc(Cl)cc2)cc1. The fourth-order valence-electron chi connectivity index (χ4n) is 1.88. The molecule has 0 heterocycles. The molecule has 0 bridgehead atoms. The van der Waals surface area contributed by atoms with Gasteiger partial charge in [-0.05, 0) is 35.4 Å². The van der Waals surface area contributed by atoms with Gasteiger partial charge in [-0.25, -0.2) is 4.79 Å². The second-order valence-corrected chi connectivity index (χ2v) is 6.12. The minimum Gasteiger partial charge on any atom is -0.489 e. The summed E-state index contributed by atoms with van der Waals surface area (Å²) >= 11 is 5.84. The average Bonchev–Trinajstić information content (AvgIpc) is 2.65. The molecule has 0 spiro atoms. The molecule has 0 saturated heterocycles. The number of carboxylic acids is 2. The van der Waals surface area contributed by atoms with E-state index in [0.29, 0.717) is 24.7 Å². The first-order valence-corrected chi connectivity index (χ1v) is 8.64. The molecule has 10 heteroatoms. The van der Waals surface area contributed by atoms with E-state index in [1.54, 1.807) is 0 Å². The van der Waals surface area contributed by atoms with Crippen LogP contribution in [0.25, 0.3) is 0 Å². The zero-order valence-electron chi connectivity index (χ0n) is 15.1. The zero-order valence-corrected chi connectivity index (χ0v) is 15.8. The maximum Gasteiger partial charge on any atom is 0.490 e. The van der Waals surface area contributed by atoms with Crippen LogP contribution in [-0.4, -0.2) is 34.9 Å². The molecular formula is C19H19ClF3NO5. The van der Waals surface area contributed by atoms with Crippen molar-refractivity contribution in [1.82, 2.24) is 5.32 Å². The highest BCUT2D eigenvalue weighted by Crippen LogP contribution is 2.16. The molecule has 0 saturated carbocycles. The fraction of sp³-hybridized carbons (Fsp3) is 0.263. The third kappa shape index (κ3) is 11.0. The number of alkyl halides is 3. The maximum absolute atomic E-state index is 10.6. The smallest absolute Gasteiger partial charge is 0.489 e. The van der Waals surface area contributed by atoms with E-state index < -0.39 is 18.1 Å². The number of rotatable bonds is 8. The molecule has 0 unspecified atom stereocenters. The van der Waals surface area contributed by atoms with E-state index in [2.05, 4.69) is 5.32 Å². The van der Waals surface area contributed by atoms with Gasteiger partial charge in [0.1, 0.15) is 12.4 Å². The van der Waals surface area contributed by atoms with E-state index in [9.17, 15) is 18.0 Å². The molecule has 2 aromatic carbocycles. The van der Waals surface area contributed by atoms with Crippen molar-refractivity contribution in [3.8, 4) is 5.75 Å². The first kappa shape index (κ1) is 24.3. The molecule has 0 aliphatic carbocycles. The minimum atomic E-state index is -5.08. The molecule has 0 aliphatic heterocycles. The summed E-state index contributed by atoms with van der Waals surface area (Å²) in [6.45, 7) is 1.60. The van der Waals surface area contributed by atoms with Crippen LogP contribution in [0.2, 0.25) is 5.02 Å². The van der Waals surface area contributed by atoms with Crippen molar-refractivity contribution in [2.75, 3.05) is 6.54 Å². The molecule has 158 valence electrons. The van der Waals surface area contributed by atoms with Crippen LogP contribution >= 0.6 is 11.6 Å². The summed E-state index contributed by atoms with van der Waals surface area (Å²) in [4.78, 5) is 19.3. The van der Waals surface area contributed by atoms with Crippen LogP contribution in [0.15, 0.2) is 48.5 Å². The number of ether oxygens (including phenoxy) is 1. The third-order valence-electron chi connectivity index (χ3n) is 3.33. The van der Waals surface area contributed by atoms with Gasteiger partial charge in [-0.2, -0.15) is 13.2 Å². The predicted molar refractivity (Wildman–Crippen MR) is 99.9 cm³/mol. The van der Waals surface area contributed by atoms with Gasteiger partial charge in [0.15, 0.2) is 0 Å². The molecule has 0 atom stereocenters. The first-order chi connectivity index (χ1) is 13.6. The minimum absolute atomic E-state index is 0.127. The van der Waals surface area contributed by atoms with Gasteiger partial charge in [0, 0.05) is 18.1 Å². The summed E-state index contributed by atoms with van der Waals surface area (Å²) in [7, 11) is 0. The summed E-state index contributed by atoms with van der Waals surface area (Å²) in [5.74, 6) is -2.75. The van der Waals surface area contributed by atoms with E-state index in [1.165, 1.54) is 0 Å². The number of hydrogen-bond donors (Lipinski definition) is 3. The fourth-order valence-corrected chi connectivity index (χ4v) is 2.00. The number of hydrogen-bond acceptors (Lipinski definition) is 4. The van der Waals surface area contributed by atoms with Gasteiger partial charge in [-0.3, -0.25) is 4.79 Å². The Kier molecular flexibility index (Phi) is 9.98. The summed E-state index contributed by atoms with van der Waals surface area (Å²) in [6, 6.07) is 15.3. The van der Waals surface area contributed by atoms with Crippen LogP contribution in [0.4, 0.5) is 13.2 Å². The van der Waals surface area contributed by atoms with Gasteiger partial charge in [-0.1, -0.05) is 35.9 Å². The van der Waals surface area contributed by atoms with Crippen LogP contribution in [0.1, 0.15) is 17.5 Å². The van der Waals surface area contributed by atoms with Crippen molar-refractivity contribution in [3.63, 3.8) is 0 Å². The van der Waals surface area contributed by atoms with Crippen molar-refractivity contribution in [2.45, 2.75) is 25.7 Å². The molecule has 0 aliphatic rings. The van der Waals surface area contributed by atoms with Gasteiger partial charge in [0.25, 0.3) is 0 Å². The van der Waals surface area contributed by atoms with Crippen molar-refractivity contribution in [1.29, 1.82) is 0 Å². The Balaban J connectivity index is 0.000000516.